The molecule has 1 fully saturated rings. The van der Waals surface area contributed by atoms with Gasteiger partial charge in [0.05, 0.1) is 17.1 Å². The van der Waals surface area contributed by atoms with Crippen molar-refractivity contribution in [3.63, 3.8) is 0 Å². The maximum atomic E-state index is 12.4. The Balaban J connectivity index is 1.62. The maximum absolute atomic E-state index is 12.4. The number of anilines is 1. The van der Waals surface area contributed by atoms with Crippen LogP contribution in [0.15, 0.2) is 48.5 Å². The standard InChI is InChI=1S/C20H23N3O4/c1-14-11-22(12-15(2)27-14)13-16-6-8-17(9-7-16)20(24)21-18-4-3-5-19(10-18)23(25)26/h3-10,14-15H,11-13H2,1-2H3,(H,21,24)/t14-,15+. The molecule has 0 aromatic heterocycles. The van der Waals surface area contributed by atoms with Gasteiger partial charge in [-0.3, -0.25) is 19.8 Å². The predicted molar refractivity (Wildman–Crippen MR) is 103 cm³/mol. The van der Waals surface area contributed by atoms with Crippen molar-refractivity contribution >= 4 is 17.3 Å². The first-order chi connectivity index (χ1) is 12.9. The number of nitrogens with zero attached hydrogens (tertiary/aromatic N) is 2. The third-order valence-electron chi connectivity index (χ3n) is 4.43. The van der Waals surface area contributed by atoms with Crippen LogP contribution in [0.5, 0.6) is 0 Å². The molecule has 142 valence electrons. The highest BCUT2D eigenvalue weighted by molar-refractivity contribution is 6.04. The number of hydrogen-bond donors (Lipinski definition) is 1. The van der Waals surface area contributed by atoms with Crippen LogP contribution < -0.4 is 5.32 Å². The predicted octanol–water partition coefficient (Wildman–Crippen LogP) is 3.46. The van der Waals surface area contributed by atoms with Gasteiger partial charge in [-0.2, -0.15) is 0 Å². The number of ether oxygens (including phenoxy) is 1. The molecule has 0 bridgehead atoms. The Labute approximate surface area is 158 Å². The molecule has 0 saturated carbocycles. The Hall–Kier alpha value is -2.77. The zero-order valence-electron chi connectivity index (χ0n) is 15.4. The van der Waals surface area contributed by atoms with E-state index in [1.165, 1.54) is 12.1 Å². The van der Waals surface area contributed by atoms with Crippen LogP contribution in [0.3, 0.4) is 0 Å². The van der Waals surface area contributed by atoms with Crippen LogP contribution in [-0.4, -0.2) is 41.0 Å². The Morgan fingerprint density at radius 2 is 1.85 bits per heavy atom. The van der Waals surface area contributed by atoms with Gasteiger partial charge >= 0.3 is 0 Å². The molecule has 0 aliphatic carbocycles. The minimum Gasteiger partial charge on any atom is -0.373 e. The van der Waals surface area contributed by atoms with Crippen molar-refractivity contribution in [3.05, 3.63) is 69.8 Å². The normalized spacial score (nSPS) is 20.2. The summed E-state index contributed by atoms with van der Waals surface area (Å²) in [6, 6.07) is 13.3. The number of nitrogens with one attached hydrogen (secondary N) is 1. The van der Waals surface area contributed by atoms with Gasteiger partial charge in [-0.1, -0.05) is 18.2 Å². The Morgan fingerprint density at radius 3 is 2.48 bits per heavy atom. The van der Waals surface area contributed by atoms with E-state index in [-0.39, 0.29) is 23.8 Å². The van der Waals surface area contributed by atoms with Crippen LogP contribution in [0, 0.1) is 10.1 Å². The second-order valence-electron chi connectivity index (χ2n) is 6.91. The van der Waals surface area contributed by atoms with E-state index < -0.39 is 4.92 Å². The number of carbonyl (C=O) groups is 1. The van der Waals surface area contributed by atoms with E-state index in [1.807, 2.05) is 12.1 Å². The van der Waals surface area contributed by atoms with Crippen molar-refractivity contribution in [2.45, 2.75) is 32.6 Å². The average Bonchev–Trinajstić information content (AvgIpc) is 2.61. The van der Waals surface area contributed by atoms with E-state index >= 15 is 0 Å². The number of benzene rings is 2. The summed E-state index contributed by atoms with van der Waals surface area (Å²) in [7, 11) is 0. The molecule has 1 N–H and O–H groups in total. The molecule has 0 spiro atoms. The average molecular weight is 369 g/mol. The number of non-ortho nitro benzene ring substituents is 1. The van der Waals surface area contributed by atoms with E-state index in [2.05, 4.69) is 24.1 Å². The quantitative estimate of drug-likeness (QED) is 0.644. The monoisotopic (exact) mass is 369 g/mol. The fraction of sp³-hybridized carbons (Fsp3) is 0.350. The lowest BCUT2D eigenvalue weighted by molar-refractivity contribution is -0.384. The van der Waals surface area contributed by atoms with E-state index in [1.54, 1.807) is 24.3 Å². The number of carbonyl (C=O) groups excluding carboxylic acids is 1. The minimum absolute atomic E-state index is 0.0582. The van der Waals surface area contributed by atoms with Gasteiger partial charge in [0, 0.05) is 43.0 Å². The summed E-state index contributed by atoms with van der Waals surface area (Å²) in [5, 5.41) is 13.5. The summed E-state index contributed by atoms with van der Waals surface area (Å²) in [4.78, 5) is 25.1. The smallest absolute Gasteiger partial charge is 0.271 e. The molecule has 2 atom stereocenters. The summed E-state index contributed by atoms with van der Waals surface area (Å²) in [5.74, 6) is -0.296. The van der Waals surface area contributed by atoms with Gasteiger partial charge in [0.15, 0.2) is 0 Å². The van der Waals surface area contributed by atoms with Crippen LogP contribution in [0.1, 0.15) is 29.8 Å². The molecule has 1 aliphatic rings. The second kappa shape index (κ2) is 8.28. The Bertz CT molecular complexity index is 812. The summed E-state index contributed by atoms with van der Waals surface area (Å²) >= 11 is 0. The van der Waals surface area contributed by atoms with Crippen LogP contribution in [0.4, 0.5) is 11.4 Å². The van der Waals surface area contributed by atoms with Crippen LogP contribution in [-0.2, 0) is 11.3 Å². The van der Waals surface area contributed by atoms with Crippen LogP contribution >= 0.6 is 0 Å². The largest absolute Gasteiger partial charge is 0.373 e. The molecule has 7 heteroatoms. The highest BCUT2D eigenvalue weighted by Crippen LogP contribution is 2.19. The fourth-order valence-corrected chi connectivity index (χ4v) is 3.33. The first-order valence-corrected chi connectivity index (χ1v) is 8.93. The zero-order chi connectivity index (χ0) is 19.4. The summed E-state index contributed by atoms with van der Waals surface area (Å²) < 4.78 is 5.75. The molecule has 1 saturated heterocycles. The molecule has 2 aromatic rings. The summed E-state index contributed by atoms with van der Waals surface area (Å²) in [6.45, 7) is 6.73. The van der Waals surface area contributed by atoms with Crippen molar-refractivity contribution < 1.29 is 14.5 Å². The van der Waals surface area contributed by atoms with Crippen LogP contribution in [0.2, 0.25) is 0 Å². The van der Waals surface area contributed by atoms with Crippen molar-refractivity contribution in [2.24, 2.45) is 0 Å². The molecular formula is C20H23N3O4. The molecule has 0 radical (unpaired) electrons. The highest BCUT2D eigenvalue weighted by Gasteiger charge is 2.22. The van der Waals surface area contributed by atoms with Crippen molar-refractivity contribution in [1.82, 2.24) is 4.90 Å². The molecule has 0 unspecified atom stereocenters. The topological polar surface area (TPSA) is 84.7 Å². The molecular weight excluding hydrogens is 346 g/mol. The number of nitro benzene ring substituents is 1. The second-order valence-corrected chi connectivity index (χ2v) is 6.91. The lowest BCUT2D eigenvalue weighted by atomic mass is 10.1. The maximum Gasteiger partial charge on any atom is 0.271 e. The summed E-state index contributed by atoms with van der Waals surface area (Å²) in [6.07, 6.45) is 0.433. The lowest BCUT2D eigenvalue weighted by Crippen LogP contribution is -2.44. The van der Waals surface area contributed by atoms with Gasteiger partial charge in [0.2, 0.25) is 0 Å². The molecule has 2 aromatic carbocycles. The van der Waals surface area contributed by atoms with E-state index in [4.69, 9.17) is 4.74 Å². The molecule has 1 amide bonds. The van der Waals surface area contributed by atoms with Gasteiger partial charge in [0.1, 0.15) is 0 Å². The first-order valence-electron chi connectivity index (χ1n) is 8.93. The van der Waals surface area contributed by atoms with Gasteiger partial charge in [-0.15, -0.1) is 0 Å². The zero-order valence-corrected chi connectivity index (χ0v) is 15.4. The van der Waals surface area contributed by atoms with Crippen molar-refractivity contribution in [2.75, 3.05) is 18.4 Å². The van der Waals surface area contributed by atoms with Crippen LogP contribution in [0.25, 0.3) is 0 Å². The van der Waals surface area contributed by atoms with E-state index in [9.17, 15) is 14.9 Å². The van der Waals surface area contributed by atoms with Gasteiger partial charge in [0.25, 0.3) is 11.6 Å². The molecule has 3 rings (SSSR count). The number of hydrogen-bond acceptors (Lipinski definition) is 5. The summed E-state index contributed by atoms with van der Waals surface area (Å²) in [5.41, 5.74) is 1.98. The van der Waals surface area contributed by atoms with E-state index in [0.717, 1.165) is 25.2 Å². The van der Waals surface area contributed by atoms with E-state index in [0.29, 0.717) is 11.3 Å². The van der Waals surface area contributed by atoms with Gasteiger partial charge < -0.3 is 10.1 Å². The molecule has 27 heavy (non-hydrogen) atoms. The lowest BCUT2D eigenvalue weighted by Gasteiger charge is -2.35. The number of nitro groups is 1. The molecule has 7 nitrogen and oxygen atoms in total. The van der Waals surface area contributed by atoms with Gasteiger partial charge in [-0.05, 0) is 37.6 Å². The number of amides is 1. The Morgan fingerprint density at radius 1 is 1.19 bits per heavy atom. The SMILES string of the molecule is C[C@@H]1CN(Cc2ccc(C(=O)Nc3cccc([N+](=O)[O-])c3)cc2)C[C@H](C)O1. The highest BCUT2D eigenvalue weighted by atomic mass is 16.6. The van der Waals surface area contributed by atoms with Crippen molar-refractivity contribution in [1.29, 1.82) is 0 Å². The number of morpholine rings is 1. The van der Waals surface area contributed by atoms with Gasteiger partial charge in [-0.25, -0.2) is 0 Å². The molecule has 1 heterocycles. The number of rotatable bonds is 5. The third-order valence-corrected chi connectivity index (χ3v) is 4.43. The minimum atomic E-state index is -0.488. The van der Waals surface area contributed by atoms with Crippen molar-refractivity contribution in [3.8, 4) is 0 Å². The molecule has 1 aliphatic heterocycles. The first kappa shape index (κ1) is 19.0. The Kier molecular flexibility index (Phi) is 5.83. The third kappa shape index (κ3) is 5.12. The fourth-order valence-electron chi connectivity index (χ4n) is 3.33.